The van der Waals surface area contributed by atoms with Crippen LogP contribution in [0.15, 0.2) is 24.4 Å². The predicted octanol–water partition coefficient (Wildman–Crippen LogP) is 3.09. The molecule has 21 heavy (non-hydrogen) atoms. The first kappa shape index (κ1) is 14.9. The highest BCUT2D eigenvalue weighted by Crippen LogP contribution is 2.30. The van der Waals surface area contributed by atoms with Crippen LogP contribution in [0.2, 0.25) is 0 Å². The van der Waals surface area contributed by atoms with Crippen LogP contribution in [0.25, 0.3) is 10.9 Å². The lowest BCUT2D eigenvalue weighted by Gasteiger charge is -2.19. The maximum Gasteiger partial charge on any atom is 0.419 e. The third-order valence-corrected chi connectivity index (χ3v) is 2.69. The number of carbonyl (C=O) groups is 2. The zero-order valence-corrected chi connectivity index (χ0v) is 12.4. The van der Waals surface area contributed by atoms with Crippen LogP contribution in [-0.2, 0) is 9.53 Å². The second-order valence-electron chi connectivity index (χ2n) is 5.78. The lowest BCUT2D eigenvalue weighted by atomic mass is 10.2. The fourth-order valence-corrected chi connectivity index (χ4v) is 1.97. The number of hydrogen-bond acceptors (Lipinski definition) is 4. The number of anilines is 1. The van der Waals surface area contributed by atoms with Gasteiger partial charge < -0.3 is 15.2 Å². The Morgan fingerprint density at radius 1 is 1.29 bits per heavy atom. The van der Waals surface area contributed by atoms with Gasteiger partial charge in [0.05, 0.1) is 11.2 Å². The summed E-state index contributed by atoms with van der Waals surface area (Å²) in [6.07, 6.45) is 0.939. The van der Waals surface area contributed by atoms with Gasteiger partial charge in [0.1, 0.15) is 11.4 Å². The zero-order valence-electron chi connectivity index (χ0n) is 12.4. The number of aromatic hydroxyl groups is 1. The SMILES string of the molecule is CC(=O)Nc1cn(C(=O)OC(C)(C)C)c2ccc(O)cc12. The van der Waals surface area contributed by atoms with Gasteiger partial charge in [0.15, 0.2) is 0 Å². The Morgan fingerprint density at radius 2 is 1.95 bits per heavy atom. The molecule has 0 unspecified atom stereocenters. The van der Waals surface area contributed by atoms with E-state index in [-0.39, 0.29) is 11.7 Å². The van der Waals surface area contributed by atoms with E-state index in [1.54, 1.807) is 26.8 Å². The van der Waals surface area contributed by atoms with Crippen LogP contribution in [0.1, 0.15) is 27.7 Å². The number of carbonyl (C=O) groups excluding carboxylic acids is 2. The maximum absolute atomic E-state index is 12.2. The van der Waals surface area contributed by atoms with Gasteiger partial charge in [-0.1, -0.05) is 0 Å². The van der Waals surface area contributed by atoms with Gasteiger partial charge in [-0.05, 0) is 39.0 Å². The van der Waals surface area contributed by atoms with E-state index in [1.165, 1.54) is 29.8 Å². The van der Waals surface area contributed by atoms with E-state index in [9.17, 15) is 14.7 Å². The Hall–Kier alpha value is -2.50. The Kier molecular flexibility index (Phi) is 3.63. The highest BCUT2D eigenvalue weighted by Gasteiger charge is 2.21. The highest BCUT2D eigenvalue weighted by molar-refractivity contribution is 6.04. The fourth-order valence-electron chi connectivity index (χ4n) is 1.97. The second kappa shape index (κ2) is 5.12. The minimum absolute atomic E-state index is 0.0519. The average Bonchev–Trinajstić information content (AvgIpc) is 2.65. The number of aromatic nitrogens is 1. The van der Waals surface area contributed by atoms with E-state index in [4.69, 9.17) is 4.74 Å². The summed E-state index contributed by atoms with van der Waals surface area (Å²) in [5, 5.41) is 12.8. The predicted molar refractivity (Wildman–Crippen MR) is 79.5 cm³/mol. The van der Waals surface area contributed by atoms with Gasteiger partial charge in [-0.25, -0.2) is 4.79 Å². The largest absolute Gasteiger partial charge is 0.508 e. The molecule has 0 atom stereocenters. The number of nitrogens with one attached hydrogen (secondary N) is 1. The summed E-state index contributed by atoms with van der Waals surface area (Å²) < 4.78 is 6.64. The number of fused-ring (bicyclic) bond motifs is 1. The molecule has 0 aliphatic heterocycles. The fraction of sp³-hybridized carbons (Fsp3) is 0.333. The molecular weight excluding hydrogens is 272 g/mol. The number of benzene rings is 1. The lowest BCUT2D eigenvalue weighted by Crippen LogP contribution is -2.26. The Bertz CT molecular complexity index is 710. The van der Waals surface area contributed by atoms with Crippen LogP contribution in [-0.4, -0.2) is 27.3 Å². The van der Waals surface area contributed by atoms with Crippen molar-refractivity contribution in [1.29, 1.82) is 0 Å². The zero-order chi connectivity index (χ0) is 15.8. The number of ether oxygens (including phenoxy) is 1. The first-order chi connectivity index (χ1) is 9.67. The quantitative estimate of drug-likeness (QED) is 0.845. The third-order valence-electron chi connectivity index (χ3n) is 2.69. The lowest BCUT2D eigenvalue weighted by molar-refractivity contribution is -0.114. The van der Waals surface area contributed by atoms with Crippen molar-refractivity contribution < 1.29 is 19.4 Å². The van der Waals surface area contributed by atoms with Gasteiger partial charge in [0.25, 0.3) is 0 Å². The van der Waals surface area contributed by atoms with Crippen molar-refractivity contribution in [2.75, 3.05) is 5.32 Å². The van der Waals surface area contributed by atoms with Crippen LogP contribution >= 0.6 is 0 Å². The topological polar surface area (TPSA) is 80.6 Å². The van der Waals surface area contributed by atoms with Crippen LogP contribution in [0.5, 0.6) is 5.75 Å². The summed E-state index contributed by atoms with van der Waals surface area (Å²) in [5.41, 5.74) is 0.365. The molecule has 0 saturated heterocycles. The highest BCUT2D eigenvalue weighted by atomic mass is 16.6. The van der Waals surface area contributed by atoms with Gasteiger partial charge in [-0.2, -0.15) is 0 Å². The average molecular weight is 290 g/mol. The molecule has 0 aliphatic carbocycles. The Balaban J connectivity index is 2.54. The second-order valence-corrected chi connectivity index (χ2v) is 5.78. The van der Waals surface area contributed by atoms with Crippen molar-refractivity contribution in [2.24, 2.45) is 0 Å². The van der Waals surface area contributed by atoms with E-state index in [0.717, 1.165) is 0 Å². The van der Waals surface area contributed by atoms with Gasteiger partial charge in [-0.15, -0.1) is 0 Å². The number of nitrogens with zero attached hydrogens (tertiary/aromatic N) is 1. The van der Waals surface area contributed by atoms with Crippen molar-refractivity contribution >= 4 is 28.6 Å². The molecule has 1 aromatic carbocycles. The third kappa shape index (κ3) is 3.34. The Labute approximate surface area is 122 Å². The van der Waals surface area contributed by atoms with Crippen molar-refractivity contribution in [2.45, 2.75) is 33.3 Å². The molecule has 6 heteroatoms. The van der Waals surface area contributed by atoms with Crippen LogP contribution in [0.3, 0.4) is 0 Å². The summed E-state index contributed by atoms with van der Waals surface area (Å²) in [6, 6.07) is 4.56. The molecular formula is C15H18N2O4. The normalized spacial score (nSPS) is 11.4. The standard InChI is InChI=1S/C15H18N2O4/c1-9(18)16-12-8-17(14(20)21-15(2,3)4)13-6-5-10(19)7-11(12)13/h5-8,19H,1-4H3,(H,16,18). The maximum atomic E-state index is 12.2. The molecule has 1 aromatic heterocycles. The first-order valence-corrected chi connectivity index (χ1v) is 6.52. The van der Waals surface area contributed by atoms with E-state index in [2.05, 4.69) is 5.32 Å². The smallest absolute Gasteiger partial charge is 0.419 e. The number of hydrogen-bond donors (Lipinski definition) is 2. The molecule has 0 saturated carbocycles. The summed E-state index contributed by atoms with van der Waals surface area (Å²) in [4.78, 5) is 23.5. The minimum Gasteiger partial charge on any atom is -0.508 e. The summed E-state index contributed by atoms with van der Waals surface area (Å²) in [7, 11) is 0. The number of amides is 1. The van der Waals surface area contributed by atoms with Crippen LogP contribution in [0, 0.1) is 0 Å². The van der Waals surface area contributed by atoms with E-state index < -0.39 is 11.7 Å². The van der Waals surface area contributed by atoms with E-state index in [0.29, 0.717) is 16.6 Å². The minimum atomic E-state index is -0.626. The molecule has 2 rings (SSSR count). The van der Waals surface area contributed by atoms with Crippen LogP contribution in [0.4, 0.5) is 10.5 Å². The molecule has 0 radical (unpaired) electrons. The first-order valence-electron chi connectivity index (χ1n) is 6.52. The molecule has 0 spiro atoms. The molecule has 2 aromatic rings. The molecule has 0 bridgehead atoms. The molecule has 2 N–H and O–H groups in total. The summed E-state index contributed by atoms with van der Waals surface area (Å²) in [5.74, 6) is -0.211. The van der Waals surface area contributed by atoms with Crippen molar-refractivity contribution in [3.63, 3.8) is 0 Å². The van der Waals surface area contributed by atoms with Crippen molar-refractivity contribution in [1.82, 2.24) is 4.57 Å². The van der Waals surface area contributed by atoms with Crippen LogP contribution < -0.4 is 5.32 Å². The molecule has 1 amide bonds. The van der Waals surface area contributed by atoms with Crippen molar-refractivity contribution in [3.05, 3.63) is 24.4 Å². The number of phenols is 1. The monoisotopic (exact) mass is 290 g/mol. The van der Waals surface area contributed by atoms with E-state index in [1.807, 2.05) is 0 Å². The number of phenolic OH excluding ortho intramolecular Hbond substituents is 1. The van der Waals surface area contributed by atoms with Crippen molar-refractivity contribution in [3.8, 4) is 5.75 Å². The molecule has 6 nitrogen and oxygen atoms in total. The summed E-state index contributed by atoms with van der Waals surface area (Å²) in [6.45, 7) is 6.70. The van der Waals surface area contributed by atoms with Gasteiger partial charge in [-0.3, -0.25) is 9.36 Å². The Morgan fingerprint density at radius 3 is 2.52 bits per heavy atom. The van der Waals surface area contributed by atoms with Gasteiger partial charge >= 0.3 is 6.09 Å². The number of rotatable bonds is 1. The van der Waals surface area contributed by atoms with E-state index >= 15 is 0 Å². The molecule has 0 fully saturated rings. The molecule has 0 aliphatic rings. The van der Waals surface area contributed by atoms with Gasteiger partial charge in [0.2, 0.25) is 5.91 Å². The molecule has 1 heterocycles. The summed E-state index contributed by atoms with van der Waals surface area (Å²) >= 11 is 0. The molecule has 112 valence electrons. The van der Waals surface area contributed by atoms with Gasteiger partial charge in [0, 0.05) is 18.5 Å².